The lowest BCUT2D eigenvalue weighted by molar-refractivity contribution is 0.0276. The zero-order valence-corrected chi connectivity index (χ0v) is 15.0. The van der Waals surface area contributed by atoms with Crippen LogP contribution in [0.2, 0.25) is 0 Å². The Morgan fingerprint density at radius 3 is 2.86 bits per heavy atom. The SMILES string of the molecule is CSC1CCCC(NC2=NCCN(C(=O)OC(C)(C)C)C2)C1. The van der Waals surface area contributed by atoms with Crippen molar-refractivity contribution in [1.29, 1.82) is 0 Å². The van der Waals surface area contributed by atoms with E-state index in [1.54, 1.807) is 4.90 Å². The molecule has 2 rings (SSSR count). The monoisotopic (exact) mass is 327 g/mol. The maximum atomic E-state index is 12.2. The summed E-state index contributed by atoms with van der Waals surface area (Å²) in [5.74, 6) is 0.934. The van der Waals surface area contributed by atoms with E-state index in [4.69, 9.17) is 4.74 Å². The summed E-state index contributed by atoms with van der Waals surface area (Å²) >= 11 is 1.96. The number of amidine groups is 1. The first kappa shape index (κ1) is 17.4. The lowest BCUT2D eigenvalue weighted by atomic mass is 9.95. The Morgan fingerprint density at radius 2 is 2.18 bits per heavy atom. The van der Waals surface area contributed by atoms with E-state index in [2.05, 4.69) is 16.6 Å². The third-order valence-electron chi connectivity index (χ3n) is 4.00. The van der Waals surface area contributed by atoms with Crippen molar-refractivity contribution in [2.45, 2.75) is 63.3 Å². The van der Waals surface area contributed by atoms with Gasteiger partial charge < -0.3 is 10.1 Å². The fourth-order valence-electron chi connectivity index (χ4n) is 2.91. The third kappa shape index (κ3) is 5.38. The number of hydrogen-bond acceptors (Lipinski definition) is 5. The second-order valence-corrected chi connectivity index (χ2v) is 8.23. The van der Waals surface area contributed by atoms with Crippen molar-refractivity contribution >= 4 is 23.7 Å². The molecule has 0 aromatic heterocycles. The van der Waals surface area contributed by atoms with Crippen LogP contribution in [-0.2, 0) is 4.74 Å². The van der Waals surface area contributed by atoms with Crippen LogP contribution in [0, 0.1) is 0 Å². The summed E-state index contributed by atoms with van der Waals surface area (Å²) in [6.07, 6.45) is 6.92. The number of amides is 1. The molecule has 0 radical (unpaired) electrons. The molecule has 1 aliphatic heterocycles. The van der Waals surface area contributed by atoms with Gasteiger partial charge in [-0.05, 0) is 46.3 Å². The number of aliphatic imine (C=N–C) groups is 1. The molecule has 1 fully saturated rings. The molecule has 0 spiro atoms. The largest absolute Gasteiger partial charge is 0.444 e. The minimum Gasteiger partial charge on any atom is -0.444 e. The van der Waals surface area contributed by atoms with Gasteiger partial charge in [-0.15, -0.1) is 0 Å². The van der Waals surface area contributed by atoms with Gasteiger partial charge in [0.15, 0.2) is 0 Å². The van der Waals surface area contributed by atoms with Crippen LogP contribution in [-0.4, -0.2) is 59.6 Å². The van der Waals surface area contributed by atoms with Crippen LogP contribution < -0.4 is 5.32 Å². The highest BCUT2D eigenvalue weighted by molar-refractivity contribution is 7.99. The lowest BCUT2D eigenvalue weighted by Crippen LogP contribution is -2.50. The summed E-state index contributed by atoms with van der Waals surface area (Å²) < 4.78 is 5.45. The second kappa shape index (κ2) is 7.57. The number of thioether (sulfide) groups is 1. The van der Waals surface area contributed by atoms with Gasteiger partial charge >= 0.3 is 6.09 Å². The van der Waals surface area contributed by atoms with Gasteiger partial charge in [-0.3, -0.25) is 9.89 Å². The van der Waals surface area contributed by atoms with E-state index in [1.807, 2.05) is 32.5 Å². The Kier molecular flexibility index (Phi) is 6.01. The molecule has 0 aromatic carbocycles. The van der Waals surface area contributed by atoms with Crippen molar-refractivity contribution in [2.24, 2.45) is 4.99 Å². The van der Waals surface area contributed by atoms with E-state index in [0.717, 1.165) is 11.1 Å². The first-order valence-electron chi connectivity index (χ1n) is 8.18. The molecule has 0 bridgehead atoms. The summed E-state index contributed by atoms with van der Waals surface area (Å²) in [6, 6.07) is 0.489. The third-order valence-corrected chi connectivity index (χ3v) is 5.09. The number of nitrogens with one attached hydrogen (secondary N) is 1. The number of rotatable bonds is 2. The maximum Gasteiger partial charge on any atom is 0.410 e. The highest BCUT2D eigenvalue weighted by Gasteiger charge is 2.27. The number of carbonyl (C=O) groups excluding carboxylic acids is 1. The second-order valence-electron chi connectivity index (χ2n) is 7.10. The van der Waals surface area contributed by atoms with Crippen molar-refractivity contribution in [3.63, 3.8) is 0 Å². The smallest absolute Gasteiger partial charge is 0.410 e. The molecule has 126 valence electrons. The molecule has 2 aliphatic rings. The summed E-state index contributed by atoms with van der Waals surface area (Å²) in [4.78, 5) is 18.5. The van der Waals surface area contributed by atoms with Gasteiger partial charge in [0.05, 0.1) is 13.1 Å². The molecule has 1 N–H and O–H groups in total. The van der Waals surface area contributed by atoms with Gasteiger partial charge in [-0.25, -0.2) is 4.79 Å². The number of carbonyl (C=O) groups is 1. The fourth-order valence-corrected chi connectivity index (χ4v) is 3.74. The molecule has 2 atom stereocenters. The molecule has 0 aromatic rings. The van der Waals surface area contributed by atoms with Crippen LogP contribution in [0.25, 0.3) is 0 Å². The first-order valence-corrected chi connectivity index (χ1v) is 9.47. The van der Waals surface area contributed by atoms with Crippen molar-refractivity contribution in [2.75, 3.05) is 25.9 Å². The van der Waals surface area contributed by atoms with Crippen LogP contribution >= 0.6 is 11.8 Å². The zero-order valence-electron chi connectivity index (χ0n) is 14.2. The fraction of sp³-hybridized carbons (Fsp3) is 0.875. The highest BCUT2D eigenvalue weighted by Crippen LogP contribution is 2.27. The Morgan fingerprint density at radius 1 is 1.41 bits per heavy atom. The summed E-state index contributed by atoms with van der Waals surface area (Å²) in [6.45, 7) is 7.51. The highest BCUT2D eigenvalue weighted by atomic mass is 32.2. The minimum absolute atomic E-state index is 0.243. The van der Waals surface area contributed by atoms with Gasteiger partial charge in [-0.1, -0.05) is 6.42 Å². The molecule has 22 heavy (non-hydrogen) atoms. The zero-order chi connectivity index (χ0) is 16.2. The molecule has 0 saturated heterocycles. The predicted molar refractivity (Wildman–Crippen MR) is 92.8 cm³/mol. The van der Waals surface area contributed by atoms with E-state index in [9.17, 15) is 4.79 Å². The minimum atomic E-state index is -0.450. The molecule has 1 aliphatic carbocycles. The standard InChI is InChI=1S/C16H29N3O2S/c1-16(2,3)21-15(20)19-9-8-17-14(11-19)18-12-6-5-7-13(10-12)22-4/h12-13H,5-11H2,1-4H3,(H,17,18). The van der Waals surface area contributed by atoms with Gasteiger partial charge in [0.25, 0.3) is 0 Å². The molecular formula is C16H29N3O2S. The quantitative estimate of drug-likeness (QED) is 0.847. The Bertz CT molecular complexity index is 420. The van der Waals surface area contributed by atoms with Crippen molar-refractivity contribution < 1.29 is 9.53 Å². The van der Waals surface area contributed by atoms with Gasteiger partial charge in [0.1, 0.15) is 11.4 Å². The number of nitrogens with zero attached hydrogens (tertiary/aromatic N) is 2. The molecule has 1 heterocycles. The molecule has 1 amide bonds. The lowest BCUT2D eigenvalue weighted by Gasteiger charge is -2.33. The van der Waals surface area contributed by atoms with Crippen LogP contribution in [0.1, 0.15) is 46.5 Å². The summed E-state index contributed by atoms with van der Waals surface area (Å²) in [7, 11) is 0. The van der Waals surface area contributed by atoms with Gasteiger partial charge in [0.2, 0.25) is 0 Å². The first-order chi connectivity index (χ1) is 10.4. The van der Waals surface area contributed by atoms with Crippen LogP contribution in [0.4, 0.5) is 4.79 Å². The molecule has 2 unspecified atom stereocenters. The predicted octanol–water partition coefficient (Wildman–Crippen LogP) is 2.90. The van der Waals surface area contributed by atoms with E-state index in [0.29, 0.717) is 25.7 Å². The van der Waals surface area contributed by atoms with Crippen molar-refractivity contribution in [3.05, 3.63) is 0 Å². The summed E-state index contributed by atoms with van der Waals surface area (Å²) in [5.41, 5.74) is -0.450. The summed E-state index contributed by atoms with van der Waals surface area (Å²) in [5, 5.41) is 4.30. The average Bonchev–Trinajstić information content (AvgIpc) is 2.46. The van der Waals surface area contributed by atoms with Crippen LogP contribution in [0.3, 0.4) is 0 Å². The normalized spacial score (nSPS) is 26.4. The topological polar surface area (TPSA) is 53.9 Å². The number of hydrogen-bond donors (Lipinski definition) is 1. The molecular weight excluding hydrogens is 298 g/mol. The Hall–Kier alpha value is -0.910. The van der Waals surface area contributed by atoms with E-state index < -0.39 is 5.60 Å². The van der Waals surface area contributed by atoms with E-state index >= 15 is 0 Å². The Labute approximate surface area is 138 Å². The molecule has 6 heteroatoms. The van der Waals surface area contributed by atoms with E-state index in [-0.39, 0.29) is 6.09 Å². The van der Waals surface area contributed by atoms with Crippen LogP contribution in [0.5, 0.6) is 0 Å². The number of ether oxygens (including phenoxy) is 1. The van der Waals surface area contributed by atoms with Crippen molar-refractivity contribution in [3.8, 4) is 0 Å². The Balaban J connectivity index is 1.85. The van der Waals surface area contributed by atoms with Gasteiger partial charge in [0, 0.05) is 17.8 Å². The van der Waals surface area contributed by atoms with Crippen molar-refractivity contribution in [1.82, 2.24) is 10.2 Å². The van der Waals surface area contributed by atoms with E-state index in [1.165, 1.54) is 25.7 Å². The van der Waals surface area contributed by atoms with Gasteiger partial charge in [-0.2, -0.15) is 11.8 Å². The molecule has 5 nitrogen and oxygen atoms in total. The maximum absolute atomic E-state index is 12.2. The average molecular weight is 327 g/mol. The molecule has 1 saturated carbocycles. The van der Waals surface area contributed by atoms with Crippen LogP contribution in [0.15, 0.2) is 4.99 Å².